The lowest BCUT2D eigenvalue weighted by Crippen LogP contribution is -2.10. The highest BCUT2D eigenvalue weighted by molar-refractivity contribution is 7.15. The Labute approximate surface area is 154 Å². The molecule has 0 saturated heterocycles. The lowest BCUT2D eigenvalue weighted by atomic mass is 10.2. The number of para-hydroxylation sites is 1. The first-order chi connectivity index (χ1) is 11.9. The van der Waals surface area contributed by atoms with Gasteiger partial charge in [-0.2, -0.15) is 0 Å². The highest BCUT2D eigenvalue weighted by atomic mass is 35.5. The number of nitrogens with zero attached hydrogens (tertiary/aromatic N) is 1. The van der Waals surface area contributed by atoms with Crippen molar-refractivity contribution in [1.29, 1.82) is 0 Å². The second-order valence-electron chi connectivity index (χ2n) is 5.56. The molecule has 0 unspecified atom stereocenters. The van der Waals surface area contributed by atoms with Crippen molar-refractivity contribution in [2.75, 3.05) is 5.32 Å². The Kier molecular flexibility index (Phi) is 5.11. The standard InChI is InChI=1S/C18H17ClN2O3S/c1-10-5-4-6-14(19)16(10)23-9-13-7-8-15(24-13)17(22)21-18-20-11(2)12(3)25-18/h4-8H,9H2,1-3H3,(H,20,21,22). The van der Waals surface area contributed by atoms with Gasteiger partial charge in [0.1, 0.15) is 18.1 Å². The Morgan fingerprint density at radius 1 is 1.28 bits per heavy atom. The second kappa shape index (κ2) is 7.29. The van der Waals surface area contributed by atoms with Crippen LogP contribution in [0.1, 0.15) is 32.4 Å². The van der Waals surface area contributed by atoms with Gasteiger partial charge in [-0.1, -0.05) is 23.7 Å². The van der Waals surface area contributed by atoms with E-state index in [-0.39, 0.29) is 18.3 Å². The van der Waals surface area contributed by atoms with Crippen LogP contribution in [0.15, 0.2) is 34.7 Å². The van der Waals surface area contributed by atoms with Crippen LogP contribution in [-0.2, 0) is 6.61 Å². The van der Waals surface area contributed by atoms with Crippen LogP contribution in [0.4, 0.5) is 5.13 Å². The molecule has 0 fully saturated rings. The Hall–Kier alpha value is -2.31. The molecule has 0 aliphatic rings. The molecule has 1 amide bonds. The topological polar surface area (TPSA) is 64.4 Å². The summed E-state index contributed by atoms with van der Waals surface area (Å²) in [6.45, 7) is 5.97. The summed E-state index contributed by atoms with van der Waals surface area (Å²) < 4.78 is 11.3. The third-order valence-electron chi connectivity index (χ3n) is 3.66. The van der Waals surface area contributed by atoms with Crippen molar-refractivity contribution in [3.63, 3.8) is 0 Å². The van der Waals surface area contributed by atoms with Crippen molar-refractivity contribution in [2.24, 2.45) is 0 Å². The number of ether oxygens (including phenoxy) is 1. The van der Waals surface area contributed by atoms with E-state index >= 15 is 0 Å². The maximum absolute atomic E-state index is 12.2. The van der Waals surface area contributed by atoms with Crippen LogP contribution in [0, 0.1) is 20.8 Å². The van der Waals surface area contributed by atoms with Gasteiger partial charge in [0.15, 0.2) is 10.9 Å². The van der Waals surface area contributed by atoms with E-state index in [9.17, 15) is 4.79 Å². The number of halogens is 1. The molecule has 0 bridgehead atoms. The predicted octanol–water partition coefficient (Wildman–Crippen LogP) is 5.15. The fourth-order valence-corrected chi connectivity index (χ4v) is 3.29. The minimum Gasteiger partial charge on any atom is -0.484 e. The average Bonchev–Trinajstić information content (AvgIpc) is 3.14. The summed E-state index contributed by atoms with van der Waals surface area (Å²) in [5, 5.41) is 3.84. The molecule has 2 heterocycles. The number of aryl methyl sites for hydroxylation is 3. The van der Waals surface area contributed by atoms with E-state index in [2.05, 4.69) is 10.3 Å². The molecule has 0 atom stereocenters. The number of hydrogen-bond donors (Lipinski definition) is 1. The fraction of sp³-hybridized carbons (Fsp3) is 0.222. The molecule has 5 nitrogen and oxygen atoms in total. The van der Waals surface area contributed by atoms with Crippen LogP contribution >= 0.6 is 22.9 Å². The molecular weight excluding hydrogens is 360 g/mol. The molecule has 3 aromatic rings. The van der Waals surface area contributed by atoms with Gasteiger partial charge in [0.05, 0.1) is 10.7 Å². The van der Waals surface area contributed by atoms with Crippen LogP contribution in [-0.4, -0.2) is 10.9 Å². The van der Waals surface area contributed by atoms with E-state index in [1.807, 2.05) is 32.9 Å². The summed E-state index contributed by atoms with van der Waals surface area (Å²) in [6, 6.07) is 8.87. The largest absolute Gasteiger partial charge is 0.484 e. The molecule has 7 heteroatoms. The summed E-state index contributed by atoms with van der Waals surface area (Å²) >= 11 is 7.56. The first-order valence-corrected chi connectivity index (χ1v) is 8.85. The van der Waals surface area contributed by atoms with Crippen LogP contribution in [0.3, 0.4) is 0 Å². The van der Waals surface area contributed by atoms with Gasteiger partial charge in [0, 0.05) is 4.88 Å². The number of aromatic nitrogens is 1. The number of furan rings is 1. The molecule has 0 spiro atoms. The van der Waals surface area contributed by atoms with Crippen molar-refractivity contribution in [2.45, 2.75) is 27.4 Å². The molecule has 0 radical (unpaired) electrons. The number of benzene rings is 1. The molecular formula is C18H17ClN2O3S. The van der Waals surface area contributed by atoms with Gasteiger partial charge in [-0.05, 0) is 44.5 Å². The van der Waals surface area contributed by atoms with E-state index in [4.69, 9.17) is 20.8 Å². The summed E-state index contributed by atoms with van der Waals surface area (Å²) in [5.74, 6) is 1.02. The van der Waals surface area contributed by atoms with E-state index in [0.717, 1.165) is 16.1 Å². The maximum Gasteiger partial charge on any atom is 0.293 e. The number of hydrogen-bond acceptors (Lipinski definition) is 5. The van der Waals surface area contributed by atoms with Crippen molar-refractivity contribution in [3.05, 3.63) is 63.0 Å². The van der Waals surface area contributed by atoms with E-state index < -0.39 is 0 Å². The van der Waals surface area contributed by atoms with Gasteiger partial charge < -0.3 is 9.15 Å². The van der Waals surface area contributed by atoms with Crippen molar-refractivity contribution in [1.82, 2.24) is 4.98 Å². The third-order valence-corrected chi connectivity index (χ3v) is 4.94. The van der Waals surface area contributed by atoms with Gasteiger partial charge in [-0.3, -0.25) is 10.1 Å². The summed E-state index contributed by atoms with van der Waals surface area (Å²) in [6.07, 6.45) is 0. The number of carbonyl (C=O) groups excluding carboxylic acids is 1. The Morgan fingerprint density at radius 2 is 2.08 bits per heavy atom. The summed E-state index contributed by atoms with van der Waals surface area (Å²) in [7, 11) is 0. The summed E-state index contributed by atoms with van der Waals surface area (Å²) in [4.78, 5) is 17.6. The molecule has 25 heavy (non-hydrogen) atoms. The van der Waals surface area contributed by atoms with E-state index in [1.54, 1.807) is 18.2 Å². The second-order valence-corrected chi connectivity index (χ2v) is 7.17. The zero-order valence-electron chi connectivity index (χ0n) is 14.1. The van der Waals surface area contributed by atoms with Gasteiger partial charge in [0.2, 0.25) is 0 Å². The van der Waals surface area contributed by atoms with Crippen molar-refractivity contribution < 1.29 is 13.9 Å². The maximum atomic E-state index is 12.2. The van der Waals surface area contributed by atoms with E-state index in [1.165, 1.54) is 11.3 Å². The first-order valence-electron chi connectivity index (χ1n) is 7.66. The number of nitrogens with one attached hydrogen (secondary N) is 1. The zero-order valence-corrected chi connectivity index (χ0v) is 15.6. The van der Waals surface area contributed by atoms with Crippen LogP contribution in [0.5, 0.6) is 5.75 Å². The number of thiazole rings is 1. The van der Waals surface area contributed by atoms with E-state index in [0.29, 0.717) is 21.7 Å². The highest BCUT2D eigenvalue weighted by Gasteiger charge is 2.15. The number of amides is 1. The molecule has 0 saturated carbocycles. The Morgan fingerprint density at radius 3 is 2.76 bits per heavy atom. The summed E-state index contributed by atoms with van der Waals surface area (Å²) in [5.41, 5.74) is 1.84. The number of carbonyl (C=O) groups is 1. The van der Waals surface area contributed by atoms with Gasteiger partial charge >= 0.3 is 0 Å². The molecule has 0 aliphatic heterocycles. The number of anilines is 1. The van der Waals surface area contributed by atoms with Crippen LogP contribution < -0.4 is 10.1 Å². The molecule has 130 valence electrons. The lowest BCUT2D eigenvalue weighted by molar-refractivity contribution is 0.0992. The fourth-order valence-electron chi connectivity index (χ4n) is 2.21. The van der Waals surface area contributed by atoms with Gasteiger partial charge in [0.25, 0.3) is 5.91 Å². The SMILES string of the molecule is Cc1cccc(Cl)c1OCc1ccc(C(=O)Nc2nc(C)c(C)s2)o1. The molecule has 1 N–H and O–H groups in total. The molecule has 3 rings (SSSR count). The highest BCUT2D eigenvalue weighted by Crippen LogP contribution is 2.29. The van der Waals surface area contributed by atoms with Crippen LogP contribution in [0.2, 0.25) is 5.02 Å². The smallest absolute Gasteiger partial charge is 0.293 e. The monoisotopic (exact) mass is 376 g/mol. The van der Waals surface area contributed by atoms with Gasteiger partial charge in [-0.25, -0.2) is 4.98 Å². The molecule has 2 aromatic heterocycles. The average molecular weight is 377 g/mol. The minimum absolute atomic E-state index is 0.188. The number of rotatable bonds is 5. The first kappa shape index (κ1) is 17.5. The normalized spacial score (nSPS) is 10.7. The van der Waals surface area contributed by atoms with Gasteiger partial charge in [-0.15, -0.1) is 11.3 Å². The third kappa shape index (κ3) is 4.03. The van der Waals surface area contributed by atoms with Crippen LogP contribution in [0.25, 0.3) is 0 Å². The van der Waals surface area contributed by atoms with Crippen molar-refractivity contribution in [3.8, 4) is 5.75 Å². The Bertz CT molecular complexity index is 877. The minimum atomic E-state index is -0.339. The predicted molar refractivity (Wildman–Crippen MR) is 98.8 cm³/mol. The van der Waals surface area contributed by atoms with Crippen molar-refractivity contribution >= 4 is 34.0 Å². The Balaban J connectivity index is 1.65. The zero-order chi connectivity index (χ0) is 18.0. The molecule has 0 aliphatic carbocycles. The molecule has 1 aromatic carbocycles. The quantitative estimate of drug-likeness (QED) is 0.669. The lowest BCUT2D eigenvalue weighted by Gasteiger charge is -2.09.